The van der Waals surface area contributed by atoms with E-state index in [2.05, 4.69) is 0 Å². The Morgan fingerprint density at radius 2 is 2.11 bits per heavy atom. The van der Waals surface area contributed by atoms with Crippen molar-refractivity contribution in [3.63, 3.8) is 0 Å². The van der Waals surface area contributed by atoms with Gasteiger partial charge in [-0.3, -0.25) is 9.59 Å². The van der Waals surface area contributed by atoms with E-state index in [-0.39, 0.29) is 29.6 Å². The molecule has 0 unspecified atom stereocenters. The molecule has 1 saturated carbocycles. The van der Waals surface area contributed by atoms with Gasteiger partial charge in [-0.2, -0.15) is 0 Å². The summed E-state index contributed by atoms with van der Waals surface area (Å²) in [6.45, 7) is 2.40. The molecule has 19 heavy (non-hydrogen) atoms. The van der Waals surface area contributed by atoms with Gasteiger partial charge in [0.2, 0.25) is 5.91 Å². The van der Waals surface area contributed by atoms with Crippen LogP contribution in [-0.4, -0.2) is 39.0 Å². The van der Waals surface area contributed by atoms with Gasteiger partial charge in [-0.15, -0.1) is 0 Å². The predicted octanol–water partition coefficient (Wildman–Crippen LogP) is 0.557. The summed E-state index contributed by atoms with van der Waals surface area (Å²) in [6, 6.07) is 2.70. The summed E-state index contributed by atoms with van der Waals surface area (Å²) in [5.41, 5.74) is -0.368. The normalized spacial score (nSPS) is 14.2. The fourth-order valence-corrected chi connectivity index (χ4v) is 2.04. The van der Waals surface area contributed by atoms with Crippen LogP contribution in [0.1, 0.15) is 30.1 Å². The molecule has 0 aromatic carbocycles. The fourth-order valence-electron chi connectivity index (χ4n) is 2.04. The maximum absolute atomic E-state index is 12.1. The molecule has 102 valence electrons. The molecule has 0 radical (unpaired) electrons. The number of aromatic nitrogens is 1. The van der Waals surface area contributed by atoms with Crippen LogP contribution in [0.2, 0.25) is 0 Å². The molecule has 1 heterocycles. The van der Waals surface area contributed by atoms with Gasteiger partial charge in [0.15, 0.2) is 0 Å². The quantitative estimate of drug-likeness (QED) is 0.842. The predicted molar refractivity (Wildman–Crippen MR) is 68.1 cm³/mol. The Morgan fingerprint density at radius 3 is 2.63 bits per heavy atom. The topological polar surface area (TPSA) is 79.6 Å². The molecule has 2 rings (SSSR count). The number of carbonyl (C=O) groups is 2. The van der Waals surface area contributed by atoms with Gasteiger partial charge in [0.05, 0.1) is 5.56 Å². The van der Waals surface area contributed by atoms with Gasteiger partial charge in [-0.05, 0) is 25.8 Å². The van der Waals surface area contributed by atoms with Gasteiger partial charge in [0.25, 0.3) is 5.56 Å². The summed E-state index contributed by atoms with van der Waals surface area (Å²) in [6.07, 6.45) is 3.22. The molecule has 0 aliphatic heterocycles. The minimum atomic E-state index is -1.12. The summed E-state index contributed by atoms with van der Waals surface area (Å²) in [4.78, 5) is 36.3. The lowest BCUT2D eigenvalue weighted by Gasteiger charge is -2.20. The maximum atomic E-state index is 12.1. The summed E-state index contributed by atoms with van der Waals surface area (Å²) in [5.74, 6) is -1.26. The van der Waals surface area contributed by atoms with Crippen molar-refractivity contribution in [2.75, 3.05) is 6.54 Å². The molecule has 1 aromatic heterocycles. The molecule has 6 heteroatoms. The van der Waals surface area contributed by atoms with E-state index in [1.54, 1.807) is 4.90 Å². The van der Waals surface area contributed by atoms with Crippen LogP contribution < -0.4 is 5.56 Å². The van der Waals surface area contributed by atoms with Crippen molar-refractivity contribution in [1.29, 1.82) is 0 Å². The zero-order chi connectivity index (χ0) is 14.0. The Bertz CT molecular complexity index is 560. The number of aromatic carboxylic acids is 1. The highest BCUT2D eigenvalue weighted by Crippen LogP contribution is 2.26. The van der Waals surface area contributed by atoms with E-state index in [1.807, 2.05) is 6.92 Å². The van der Waals surface area contributed by atoms with Crippen LogP contribution in [0.25, 0.3) is 0 Å². The minimum Gasteiger partial charge on any atom is -0.478 e. The van der Waals surface area contributed by atoms with Gasteiger partial charge in [-0.25, -0.2) is 4.79 Å². The molecule has 1 aliphatic carbocycles. The van der Waals surface area contributed by atoms with Gasteiger partial charge >= 0.3 is 5.97 Å². The number of pyridine rings is 1. The maximum Gasteiger partial charge on any atom is 0.337 e. The second kappa shape index (κ2) is 5.26. The van der Waals surface area contributed by atoms with Crippen molar-refractivity contribution < 1.29 is 14.7 Å². The van der Waals surface area contributed by atoms with Crippen LogP contribution >= 0.6 is 0 Å². The lowest BCUT2D eigenvalue weighted by Crippen LogP contribution is -2.37. The van der Waals surface area contributed by atoms with Crippen LogP contribution in [0.3, 0.4) is 0 Å². The van der Waals surface area contributed by atoms with E-state index in [0.29, 0.717) is 6.54 Å². The van der Waals surface area contributed by atoms with E-state index in [0.717, 1.165) is 17.4 Å². The first kappa shape index (κ1) is 13.3. The van der Waals surface area contributed by atoms with Gasteiger partial charge < -0.3 is 14.6 Å². The molecule has 1 fully saturated rings. The van der Waals surface area contributed by atoms with Crippen LogP contribution in [0, 0.1) is 0 Å². The third kappa shape index (κ3) is 3.01. The highest BCUT2D eigenvalue weighted by atomic mass is 16.4. The van der Waals surface area contributed by atoms with Crippen LogP contribution in [0.4, 0.5) is 0 Å². The molecule has 0 bridgehead atoms. The molecule has 1 N–H and O–H groups in total. The van der Waals surface area contributed by atoms with E-state index >= 15 is 0 Å². The Morgan fingerprint density at radius 1 is 1.42 bits per heavy atom. The number of hydrogen-bond donors (Lipinski definition) is 1. The number of nitrogens with zero attached hydrogens (tertiary/aromatic N) is 2. The second-order valence-electron chi connectivity index (χ2n) is 4.60. The highest BCUT2D eigenvalue weighted by Gasteiger charge is 2.31. The smallest absolute Gasteiger partial charge is 0.337 e. The van der Waals surface area contributed by atoms with E-state index in [4.69, 9.17) is 5.11 Å². The summed E-state index contributed by atoms with van der Waals surface area (Å²) >= 11 is 0. The van der Waals surface area contributed by atoms with E-state index < -0.39 is 5.97 Å². The lowest BCUT2D eigenvalue weighted by molar-refractivity contribution is -0.132. The van der Waals surface area contributed by atoms with Gasteiger partial charge in [0.1, 0.15) is 6.54 Å². The van der Waals surface area contributed by atoms with Crippen molar-refractivity contribution in [2.45, 2.75) is 32.4 Å². The van der Waals surface area contributed by atoms with E-state index in [1.165, 1.54) is 18.3 Å². The zero-order valence-corrected chi connectivity index (χ0v) is 10.7. The molecular formula is C13H16N2O4. The van der Waals surface area contributed by atoms with Crippen LogP contribution in [0.15, 0.2) is 23.1 Å². The Labute approximate surface area is 110 Å². The molecule has 0 saturated heterocycles. The number of amides is 1. The average molecular weight is 264 g/mol. The molecule has 1 aliphatic rings. The number of hydrogen-bond acceptors (Lipinski definition) is 3. The minimum absolute atomic E-state index is 0.00173. The Hall–Kier alpha value is -2.11. The number of rotatable bonds is 5. The van der Waals surface area contributed by atoms with Crippen molar-refractivity contribution in [2.24, 2.45) is 0 Å². The second-order valence-corrected chi connectivity index (χ2v) is 4.60. The third-order valence-corrected chi connectivity index (χ3v) is 3.18. The summed E-state index contributed by atoms with van der Waals surface area (Å²) in [5, 5.41) is 8.88. The molecule has 1 amide bonds. The number of carboxylic acids is 1. The SMILES string of the molecule is CCN(C(=O)Cn1cc(C(=O)O)ccc1=O)C1CC1. The molecule has 0 atom stereocenters. The molecule has 6 nitrogen and oxygen atoms in total. The fraction of sp³-hybridized carbons (Fsp3) is 0.462. The van der Waals surface area contributed by atoms with Crippen molar-refractivity contribution in [3.05, 3.63) is 34.2 Å². The van der Waals surface area contributed by atoms with Gasteiger partial charge in [0, 0.05) is 24.8 Å². The monoisotopic (exact) mass is 264 g/mol. The van der Waals surface area contributed by atoms with Crippen LogP contribution in [0.5, 0.6) is 0 Å². The van der Waals surface area contributed by atoms with Crippen molar-refractivity contribution in [1.82, 2.24) is 9.47 Å². The lowest BCUT2D eigenvalue weighted by atomic mass is 10.3. The summed E-state index contributed by atoms with van der Waals surface area (Å²) < 4.78 is 1.15. The first-order valence-electron chi connectivity index (χ1n) is 6.26. The largest absolute Gasteiger partial charge is 0.478 e. The standard InChI is InChI=1S/C13H16N2O4/c1-2-15(10-4-5-10)12(17)8-14-7-9(13(18)19)3-6-11(14)16/h3,6-7,10H,2,4-5,8H2,1H3,(H,18,19). The van der Waals surface area contributed by atoms with E-state index in [9.17, 15) is 14.4 Å². The first-order valence-corrected chi connectivity index (χ1v) is 6.26. The van der Waals surface area contributed by atoms with Crippen molar-refractivity contribution >= 4 is 11.9 Å². The zero-order valence-electron chi connectivity index (χ0n) is 10.7. The Balaban J connectivity index is 2.17. The number of likely N-dealkylation sites (N-methyl/N-ethyl adjacent to an activating group) is 1. The molecule has 0 spiro atoms. The number of carbonyl (C=O) groups excluding carboxylic acids is 1. The van der Waals surface area contributed by atoms with Gasteiger partial charge in [-0.1, -0.05) is 0 Å². The third-order valence-electron chi connectivity index (χ3n) is 3.18. The number of carboxylic acid groups (broad SMARTS) is 1. The molecular weight excluding hydrogens is 248 g/mol. The first-order chi connectivity index (χ1) is 9.02. The van der Waals surface area contributed by atoms with Crippen LogP contribution in [-0.2, 0) is 11.3 Å². The highest BCUT2D eigenvalue weighted by molar-refractivity contribution is 5.87. The Kier molecular flexibility index (Phi) is 3.69. The van der Waals surface area contributed by atoms with Crippen molar-refractivity contribution in [3.8, 4) is 0 Å². The average Bonchev–Trinajstić information content (AvgIpc) is 3.17. The molecule has 1 aromatic rings. The summed E-state index contributed by atoms with van der Waals surface area (Å²) in [7, 11) is 0.